The Morgan fingerprint density at radius 3 is 2.25 bits per heavy atom. The highest BCUT2D eigenvalue weighted by Crippen LogP contribution is 2.37. The maximum atomic E-state index is 12.3. The molecule has 0 unspecified atom stereocenters. The van der Waals surface area contributed by atoms with E-state index in [0.29, 0.717) is 6.54 Å². The third-order valence-electron chi connectivity index (χ3n) is 5.11. The van der Waals surface area contributed by atoms with Crippen molar-refractivity contribution in [1.29, 1.82) is 0 Å². The monoisotopic (exact) mass is 328 g/mol. The van der Waals surface area contributed by atoms with E-state index < -0.39 is 0 Å². The SMILES string of the molecule is Cc1ccc(CNC(=O)CCN2C(=O)[C@@H]3CCCC[C@H]3C2=O)cc1. The van der Waals surface area contributed by atoms with E-state index in [2.05, 4.69) is 5.32 Å². The molecule has 2 aliphatic rings. The molecule has 0 spiro atoms. The second-order valence-corrected chi connectivity index (χ2v) is 6.84. The molecular formula is C19H24N2O3. The van der Waals surface area contributed by atoms with Crippen LogP contribution in [0.1, 0.15) is 43.2 Å². The van der Waals surface area contributed by atoms with Gasteiger partial charge in [-0.15, -0.1) is 0 Å². The molecule has 5 heteroatoms. The normalized spacial score (nSPS) is 23.3. The van der Waals surface area contributed by atoms with E-state index >= 15 is 0 Å². The molecule has 3 amide bonds. The minimum Gasteiger partial charge on any atom is -0.352 e. The van der Waals surface area contributed by atoms with Crippen LogP contribution in [-0.2, 0) is 20.9 Å². The number of likely N-dealkylation sites (tertiary alicyclic amines) is 1. The van der Waals surface area contributed by atoms with Gasteiger partial charge in [0.1, 0.15) is 0 Å². The highest BCUT2D eigenvalue weighted by Gasteiger charge is 2.47. The zero-order chi connectivity index (χ0) is 17.1. The molecule has 1 aliphatic carbocycles. The topological polar surface area (TPSA) is 66.5 Å². The van der Waals surface area contributed by atoms with Crippen LogP contribution in [0.4, 0.5) is 0 Å². The third-order valence-corrected chi connectivity index (χ3v) is 5.11. The van der Waals surface area contributed by atoms with Crippen molar-refractivity contribution in [3.63, 3.8) is 0 Å². The smallest absolute Gasteiger partial charge is 0.233 e. The van der Waals surface area contributed by atoms with Crippen molar-refractivity contribution >= 4 is 17.7 Å². The van der Waals surface area contributed by atoms with Crippen LogP contribution in [0.15, 0.2) is 24.3 Å². The lowest BCUT2D eigenvalue weighted by Crippen LogP contribution is -2.35. The predicted molar refractivity (Wildman–Crippen MR) is 89.8 cm³/mol. The molecule has 2 atom stereocenters. The van der Waals surface area contributed by atoms with Crippen LogP contribution >= 0.6 is 0 Å². The molecule has 3 rings (SSSR count). The lowest BCUT2D eigenvalue weighted by Gasteiger charge is -2.19. The number of amides is 3. The maximum absolute atomic E-state index is 12.3. The first-order chi connectivity index (χ1) is 11.6. The van der Waals surface area contributed by atoms with E-state index in [0.717, 1.165) is 31.2 Å². The van der Waals surface area contributed by atoms with Crippen LogP contribution in [0.3, 0.4) is 0 Å². The summed E-state index contributed by atoms with van der Waals surface area (Å²) in [5.74, 6) is -0.554. The van der Waals surface area contributed by atoms with Crippen molar-refractivity contribution in [2.75, 3.05) is 6.54 Å². The second kappa shape index (κ2) is 7.16. The summed E-state index contributed by atoms with van der Waals surface area (Å²) in [7, 11) is 0. The zero-order valence-corrected chi connectivity index (χ0v) is 14.1. The van der Waals surface area contributed by atoms with Gasteiger partial charge < -0.3 is 5.32 Å². The Morgan fingerprint density at radius 2 is 1.67 bits per heavy atom. The molecule has 0 aromatic heterocycles. The van der Waals surface area contributed by atoms with Crippen LogP contribution in [0.5, 0.6) is 0 Å². The first-order valence-electron chi connectivity index (χ1n) is 8.74. The fraction of sp³-hybridized carbons (Fsp3) is 0.526. The van der Waals surface area contributed by atoms with Crippen LogP contribution in [0.2, 0.25) is 0 Å². The summed E-state index contributed by atoms with van der Waals surface area (Å²) < 4.78 is 0. The number of carbonyl (C=O) groups excluding carboxylic acids is 3. The lowest BCUT2D eigenvalue weighted by molar-refractivity contribution is -0.140. The fourth-order valence-corrected chi connectivity index (χ4v) is 3.66. The predicted octanol–water partition coefficient (Wildman–Crippen LogP) is 2.18. The van der Waals surface area contributed by atoms with Gasteiger partial charge in [-0.25, -0.2) is 0 Å². The highest BCUT2D eigenvalue weighted by atomic mass is 16.2. The molecule has 128 valence electrons. The van der Waals surface area contributed by atoms with E-state index in [4.69, 9.17) is 0 Å². The molecule has 5 nitrogen and oxygen atoms in total. The first kappa shape index (κ1) is 16.7. The average molecular weight is 328 g/mol. The number of fused-ring (bicyclic) bond motifs is 1. The molecule has 2 fully saturated rings. The quantitative estimate of drug-likeness (QED) is 0.843. The minimum atomic E-state index is -0.137. The van der Waals surface area contributed by atoms with E-state index in [-0.39, 0.29) is 42.5 Å². The molecule has 1 aromatic carbocycles. The van der Waals surface area contributed by atoms with Crippen molar-refractivity contribution in [1.82, 2.24) is 10.2 Å². The molecule has 24 heavy (non-hydrogen) atoms. The Morgan fingerprint density at radius 1 is 1.08 bits per heavy atom. The minimum absolute atomic E-state index is 0.0731. The van der Waals surface area contributed by atoms with E-state index in [1.165, 1.54) is 10.5 Å². The summed E-state index contributed by atoms with van der Waals surface area (Å²) in [6, 6.07) is 7.97. The van der Waals surface area contributed by atoms with Gasteiger partial charge in [0.2, 0.25) is 17.7 Å². The summed E-state index contributed by atoms with van der Waals surface area (Å²) in [6.45, 7) is 2.68. The van der Waals surface area contributed by atoms with Gasteiger partial charge in [-0.3, -0.25) is 19.3 Å². The number of benzene rings is 1. The fourth-order valence-electron chi connectivity index (χ4n) is 3.66. The first-order valence-corrected chi connectivity index (χ1v) is 8.74. The average Bonchev–Trinajstić information content (AvgIpc) is 2.84. The Hall–Kier alpha value is -2.17. The summed E-state index contributed by atoms with van der Waals surface area (Å²) >= 11 is 0. The Kier molecular flexibility index (Phi) is 4.97. The molecule has 1 aromatic rings. The second-order valence-electron chi connectivity index (χ2n) is 6.84. The molecule has 1 saturated heterocycles. The Labute approximate surface area is 142 Å². The van der Waals surface area contributed by atoms with Crippen molar-refractivity contribution < 1.29 is 14.4 Å². The molecule has 1 saturated carbocycles. The molecule has 0 radical (unpaired) electrons. The van der Waals surface area contributed by atoms with E-state index in [1.54, 1.807) is 0 Å². The van der Waals surface area contributed by atoms with Crippen LogP contribution in [-0.4, -0.2) is 29.2 Å². The van der Waals surface area contributed by atoms with Gasteiger partial charge in [0.05, 0.1) is 11.8 Å². The van der Waals surface area contributed by atoms with Crippen molar-refractivity contribution in [2.24, 2.45) is 11.8 Å². The number of rotatable bonds is 5. The van der Waals surface area contributed by atoms with E-state index in [1.807, 2.05) is 31.2 Å². The standard InChI is InChI=1S/C19H24N2O3/c1-13-6-8-14(9-7-13)12-20-17(22)10-11-21-18(23)15-4-2-3-5-16(15)19(21)24/h6-9,15-16H,2-5,10-12H2,1H3,(H,20,22)/t15-,16-/m1/s1. The largest absolute Gasteiger partial charge is 0.352 e. The molecular weight excluding hydrogens is 304 g/mol. The van der Waals surface area contributed by atoms with Gasteiger partial charge in [-0.2, -0.15) is 0 Å². The van der Waals surface area contributed by atoms with Gasteiger partial charge in [-0.05, 0) is 25.3 Å². The van der Waals surface area contributed by atoms with Crippen molar-refractivity contribution in [3.05, 3.63) is 35.4 Å². The molecule has 1 heterocycles. The maximum Gasteiger partial charge on any atom is 0.233 e. The number of nitrogens with zero attached hydrogens (tertiary/aromatic N) is 1. The highest BCUT2D eigenvalue weighted by molar-refractivity contribution is 6.05. The number of hydrogen-bond acceptors (Lipinski definition) is 3. The summed E-state index contributed by atoms with van der Waals surface area (Å²) in [5, 5.41) is 2.85. The number of hydrogen-bond donors (Lipinski definition) is 1. The van der Waals surface area contributed by atoms with Gasteiger partial charge >= 0.3 is 0 Å². The number of aryl methyl sites for hydroxylation is 1. The lowest BCUT2D eigenvalue weighted by atomic mass is 9.81. The molecule has 1 N–H and O–H groups in total. The van der Waals surface area contributed by atoms with Gasteiger partial charge in [0.25, 0.3) is 0 Å². The molecule has 0 bridgehead atoms. The van der Waals surface area contributed by atoms with Gasteiger partial charge in [0.15, 0.2) is 0 Å². The van der Waals surface area contributed by atoms with Crippen molar-refractivity contribution in [3.8, 4) is 0 Å². The zero-order valence-electron chi connectivity index (χ0n) is 14.1. The Balaban J connectivity index is 1.48. The van der Waals surface area contributed by atoms with Gasteiger partial charge in [0, 0.05) is 19.5 Å². The third kappa shape index (κ3) is 3.50. The van der Waals surface area contributed by atoms with Crippen LogP contribution in [0, 0.1) is 18.8 Å². The van der Waals surface area contributed by atoms with E-state index in [9.17, 15) is 14.4 Å². The van der Waals surface area contributed by atoms with Crippen molar-refractivity contribution in [2.45, 2.75) is 45.6 Å². The number of carbonyl (C=O) groups is 3. The number of nitrogens with one attached hydrogen (secondary N) is 1. The summed E-state index contributed by atoms with van der Waals surface area (Å²) in [6.07, 6.45) is 3.83. The van der Waals surface area contributed by atoms with Crippen LogP contribution < -0.4 is 5.32 Å². The Bertz CT molecular complexity index is 615. The van der Waals surface area contributed by atoms with Crippen LogP contribution in [0.25, 0.3) is 0 Å². The van der Waals surface area contributed by atoms with Gasteiger partial charge in [-0.1, -0.05) is 42.7 Å². The molecule has 1 aliphatic heterocycles. The number of imide groups is 1. The summed E-state index contributed by atoms with van der Waals surface area (Å²) in [4.78, 5) is 38.0. The summed E-state index contributed by atoms with van der Waals surface area (Å²) in [5.41, 5.74) is 2.21.